The zero-order chi connectivity index (χ0) is 21.3. The first-order valence-electron chi connectivity index (χ1n) is 10.9. The van der Waals surface area contributed by atoms with Crippen LogP contribution in [-0.4, -0.2) is 68.1 Å². The molecule has 2 unspecified atom stereocenters. The van der Waals surface area contributed by atoms with Crippen LogP contribution in [0.15, 0.2) is 23.0 Å². The van der Waals surface area contributed by atoms with Crippen LogP contribution >= 0.6 is 0 Å². The molecular weight excluding hydrogens is 386 g/mol. The summed E-state index contributed by atoms with van der Waals surface area (Å²) < 4.78 is 11.3. The number of nitrogens with one attached hydrogen (secondary N) is 2. The monoisotopic (exact) mass is 417 g/mol. The van der Waals surface area contributed by atoms with Gasteiger partial charge >= 0.3 is 0 Å². The fraction of sp³-hybridized carbons (Fsp3) is 0.682. The molecule has 2 atom stereocenters. The quantitative estimate of drug-likeness (QED) is 0.450. The molecule has 0 aromatic carbocycles. The Balaban J connectivity index is 1.27. The summed E-state index contributed by atoms with van der Waals surface area (Å²) in [5.74, 6) is 0.915. The van der Waals surface area contributed by atoms with Gasteiger partial charge < -0.3 is 19.7 Å². The van der Waals surface area contributed by atoms with Gasteiger partial charge in [-0.3, -0.25) is 19.7 Å². The minimum Gasteiger partial charge on any atom is -0.497 e. The van der Waals surface area contributed by atoms with Crippen molar-refractivity contribution in [1.82, 2.24) is 15.5 Å². The first kappa shape index (κ1) is 21.1. The van der Waals surface area contributed by atoms with Gasteiger partial charge in [-0.15, -0.1) is 0 Å². The van der Waals surface area contributed by atoms with Gasteiger partial charge in [-0.1, -0.05) is 6.92 Å². The molecule has 4 rings (SSSR count). The predicted octanol–water partition coefficient (Wildman–Crippen LogP) is 0.885. The molecule has 1 saturated carbocycles. The predicted molar refractivity (Wildman–Crippen MR) is 109 cm³/mol. The van der Waals surface area contributed by atoms with Crippen molar-refractivity contribution in [2.45, 2.75) is 51.2 Å². The van der Waals surface area contributed by atoms with Gasteiger partial charge in [0.25, 0.3) is 5.91 Å². The zero-order valence-corrected chi connectivity index (χ0v) is 17.7. The molecule has 0 bridgehead atoms. The number of hydrogen-bond donors (Lipinski definition) is 2. The van der Waals surface area contributed by atoms with Gasteiger partial charge in [0.15, 0.2) is 0 Å². The van der Waals surface area contributed by atoms with E-state index in [1.54, 1.807) is 12.0 Å². The number of carbonyl (C=O) groups is 3. The molecule has 2 aliphatic carbocycles. The molecule has 0 radical (unpaired) electrons. The summed E-state index contributed by atoms with van der Waals surface area (Å²) in [5.41, 5.74) is 1.72. The molecule has 2 aliphatic heterocycles. The topological polar surface area (TPSA) is 97.0 Å². The number of methoxy groups -OCH3 is 1. The van der Waals surface area contributed by atoms with E-state index in [0.717, 1.165) is 42.8 Å². The highest BCUT2D eigenvalue weighted by Gasteiger charge is 2.42. The summed E-state index contributed by atoms with van der Waals surface area (Å²) in [5, 5.41) is 5.79. The van der Waals surface area contributed by atoms with Crippen molar-refractivity contribution in [3.8, 4) is 0 Å². The van der Waals surface area contributed by atoms with Gasteiger partial charge in [-0.25, -0.2) is 0 Å². The third-order valence-electron chi connectivity index (χ3n) is 6.62. The van der Waals surface area contributed by atoms with Crippen LogP contribution in [-0.2, 0) is 23.9 Å². The molecule has 3 amide bonds. The molecule has 8 nitrogen and oxygen atoms in total. The Hall–Kier alpha value is -2.19. The Morgan fingerprint density at radius 2 is 2.07 bits per heavy atom. The lowest BCUT2D eigenvalue weighted by Crippen LogP contribution is -2.53. The van der Waals surface area contributed by atoms with Crippen molar-refractivity contribution in [3.05, 3.63) is 23.0 Å². The number of piperidine rings is 1. The SMILES string of the molecule is COC1CC(CNCCOC2=CC3=C(C(=O)N(C4CCC(=O)NC4=O)C3)C(C)C2)C1. The van der Waals surface area contributed by atoms with E-state index in [1.807, 2.05) is 13.0 Å². The largest absolute Gasteiger partial charge is 0.497 e. The van der Waals surface area contributed by atoms with Crippen molar-refractivity contribution in [1.29, 1.82) is 0 Å². The van der Waals surface area contributed by atoms with E-state index >= 15 is 0 Å². The van der Waals surface area contributed by atoms with Gasteiger partial charge in [-0.2, -0.15) is 0 Å². The highest BCUT2D eigenvalue weighted by molar-refractivity contribution is 6.05. The minimum atomic E-state index is -0.570. The molecular formula is C22H31N3O5. The number of imide groups is 1. The normalized spacial score (nSPS) is 31.3. The lowest BCUT2D eigenvalue weighted by Gasteiger charge is -2.34. The standard InChI is InChI=1S/C22H31N3O5/c1-13-7-17(30-6-5-23-11-14-8-16(9-14)29-2)10-15-12-25(22(28)20(13)15)18-3-4-19(26)24-21(18)27/h10,13-14,16,18,23H,3-9,11-12H2,1-2H3,(H,24,26,27). The second-order valence-electron chi connectivity index (χ2n) is 8.80. The highest BCUT2D eigenvalue weighted by atomic mass is 16.5. The fourth-order valence-corrected chi connectivity index (χ4v) is 4.87. The van der Waals surface area contributed by atoms with Gasteiger partial charge in [0.1, 0.15) is 12.6 Å². The average Bonchev–Trinajstić information content (AvgIpc) is 2.99. The smallest absolute Gasteiger partial charge is 0.251 e. The number of nitrogens with zero attached hydrogens (tertiary/aromatic N) is 1. The molecule has 4 aliphatic rings. The van der Waals surface area contributed by atoms with Crippen molar-refractivity contribution in [3.63, 3.8) is 0 Å². The van der Waals surface area contributed by atoms with E-state index in [1.165, 1.54) is 0 Å². The Labute approximate surface area is 177 Å². The minimum absolute atomic E-state index is 0.0553. The summed E-state index contributed by atoms with van der Waals surface area (Å²) in [6.07, 6.45) is 5.99. The zero-order valence-electron chi connectivity index (χ0n) is 17.7. The molecule has 164 valence electrons. The number of rotatable bonds is 8. The van der Waals surface area contributed by atoms with Crippen molar-refractivity contribution in [2.75, 3.05) is 33.4 Å². The first-order chi connectivity index (χ1) is 14.5. The van der Waals surface area contributed by atoms with Crippen LogP contribution in [0.4, 0.5) is 0 Å². The van der Waals surface area contributed by atoms with Gasteiger partial charge in [0, 0.05) is 38.6 Å². The number of allylic oxidation sites excluding steroid dienone is 1. The summed E-state index contributed by atoms with van der Waals surface area (Å²) in [6.45, 7) is 4.79. The maximum absolute atomic E-state index is 12.9. The summed E-state index contributed by atoms with van der Waals surface area (Å²) in [4.78, 5) is 38.2. The van der Waals surface area contributed by atoms with Crippen LogP contribution in [0.2, 0.25) is 0 Å². The van der Waals surface area contributed by atoms with Gasteiger partial charge in [0.2, 0.25) is 11.8 Å². The molecule has 30 heavy (non-hydrogen) atoms. The molecule has 0 aromatic heterocycles. The lowest BCUT2D eigenvalue weighted by molar-refractivity contribution is -0.143. The maximum atomic E-state index is 12.9. The van der Waals surface area contributed by atoms with Crippen LogP contribution in [0.25, 0.3) is 0 Å². The van der Waals surface area contributed by atoms with Crippen LogP contribution in [0, 0.1) is 11.8 Å². The molecule has 2 N–H and O–H groups in total. The lowest BCUT2D eigenvalue weighted by atomic mass is 9.82. The van der Waals surface area contributed by atoms with Crippen molar-refractivity contribution >= 4 is 17.7 Å². The highest BCUT2D eigenvalue weighted by Crippen LogP contribution is 2.37. The Bertz CT molecular complexity index is 784. The van der Waals surface area contributed by atoms with Crippen LogP contribution in [0.3, 0.4) is 0 Å². The number of ether oxygens (including phenoxy) is 2. The van der Waals surface area contributed by atoms with E-state index in [2.05, 4.69) is 10.6 Å². The molecule has 0 aromatic rings. The number of amides is 3. The number of hydrogen-bond acceptors (Lipinski definition) is 6. The van der Waals surface area contributed by atoms with Crippen LogP contribution in [0.1, 0.15) is 39.0 Å². The van der Waals surface area contributed by atoms with E-state index in [0.29, 0.717) is 38.0 Å². The fourth-order valence-electron chi connectivity index (χ4n) is 4.87. The third kappa shape index (κ3) is 4.30. The van der Waals surface area contributed by atoms with E-state index < -0.39 is 6.04 Å². The van der Waals surface area contributed by atoms with E-state index in [9.17, 15) is 14.4 Å². The van der Waals surface area contributed by atoms with Gasteiger partial charge in [-0.05, 0) is 49.3 Å². The maximum Gasteiger partial charge on any atom is 0.251 e. The van der Waals surface area contributed by atoms with E-state index in [-0.39, 0.29) is 30.1 Å². The molecule has 0 spiro atoms. The molecule has 2 fully saturated rings. The average molecular weight is 418 g/mol. The van der Waals surface area contributed by atoms with Crippen LogP contribution < -0.4 is 10.6 Å². The molecule has 2 heterocycles. The van der Waals surface area contributed by atoms with Crippen molar-refractivity contribution < 1.29 is 23.9 Å². The Morgan fingerprint density at radius 3 is 2.80 bits per heavy atom. The summed E-state index contributed by atoms with van der Waals surface area (Å²) >= 11 is 0. The van der Waals surface area contributed by atoms with Gasteiger partial charge in [0.05, 0.1) is 11.9 Å². The summed E-state index contributed by atoms with van der Waals surface area (Å²) in [7, 11) is 1.77. The second kappa shape index (κ2) is 8.89. The Kier molecular flexibility index (Phi) is 6.24. The molecule has 1 saturated heterocycles. The van der Waals surface area contributed by atoms with Crippen molar-refractivity contribution in [2.24, 2.45) is 11.8 Å². The van der Waals surface area contributed by atoms with E-state index in [4.69, 9.17) is 9.47 Å². The summed E-state index contributed by atoms with van der Waals surface area (Å²) in [6, 6.07) is -0.570. The molecule has 8 heteroatoms. The third-order valence-corrected chi connectivity index (χ3v) is 6.62. The van der Waals surface area contributed by atoms with Crippen LogP contribution in [0.5, 0.6) is 0 Å². The second-order valence-corrected chi connectivity index (χ2v) is 8.80. The number of carbonyl (C=O) groups excluding carboxylic acids is 3. The first-order valence-corrected chi connectivity index (χ1v) is 10.9. The Morgan fingerprint density at radius 1 is 1.27 bits per heavy atom.